The minimum Gasteiger partial charge on any atom is -0.322 e. The minimum atomic E-state index is -0.381. The Labute approximate surface area is 150 Å². The van der Waals surface area contributed by atoms with Gasteiger partial charge in [0.25, 0.3) is 11.8 Å². The quantitative estimate of drug-likeness (QED) is 0.551. The first-order valence-electron chi connectivity index (χ1n) is 7.93. The number of hydrazone groups is 1. The van der Waals surface area contributed by atoms with E-state index in [1.165, 1.54) is 6.21 Å². The maximum absolute atomic E-state index is 12.2. The third kappa shape index (κ3) is 4.61. The molecule has 0 radical (unpaired) electrons. The number of hydrogen-bond acceptors (Lipinski definition) is 4. The van der Waals surface area contributed by atoms with Gasteiger partial charge in [-0.15, -0.1) is 0 Å². The number of pyridine rings is 1. The first-order valence-corrected chi connectivity index (χ1v) is 7.93. The second-order valence-corrected chi connectivity index (χ2v) is 5.35. The molecule has 0 unspecified atom stereocenters. The summed E-state index contributed by atoms with van der Waals surface area (Å²) < 4.78 is 0. The number of nitrogens with zero attached hydrogens (tertiary/aromatic N) is 2. The standard InChI is InChI=1S/C20H16N4O2/c25-19(15-7-2-1-3-8-15)23-17-11-6-9-16(13-17)20(26)24-22-14-18-10-4-5-12-21-18/h1-14H,(H,23,25)(H,24,26)/b22-14-. The molecule has 0 aliphatic heterocycles. The van der Waals surface area contributed by atoms with Crippen LogP contribution in [0.5, 0.6) is 0 Å². The third-order valence-electron chi connectivity index (χ3n) is 3.47. The number of aromatic nitrogens is 1. The Morgan fingerprint density at radius 1 is 0.846 bits per heavy atom. The number of nitrogens with one attached hydrogen (secondary N) is 2. The van der Waals surface area contributed by atoms with Gasteiger partial charge in [-0.3, -0.25) is 14.6 Å². The molecule has 2 N–H and O–H groups in total. The van der Waals surface area contributed by atoms with E-state index in [0.29, 0.717) is 22.5 Å². The van der Waals surface area contributed by atoms with Gasteiger partial charge in [0, 0.05) is 23.0 Å². The molecule has 1 heterocycles. The number of carbonyl (C=O) groups excluding carboxylic acids is 2. The van der Waals surface area contributed by atoms with Crippen molar-refractivity contribution in [1.82, 2.24) is 10.4 Å². The van der Waals surface area contributed by atoms with Crippen LogP contribution in [0.2, 0.25) is 0 Å². The van der Waals surface area contributed by atoms with Crippen LogP contribution in [0.15, 0.2) is 84.1 Å². The molecule has 3 rings (SSSR count). The Kier molecular flexibility index (Phi) is 5.47. The highest BCUT2D eigenvalue weighted by Crippen LogP contribution is 2.12. The minimum absolute atomic E-state index is 0.240. The normalized spacial score (nSPS) is 10.5. The molecule has 6 heteroatoms. The summed E-state index contributed by atoms with van der Waals surface area (Å²) in [5, 5.41) is 6.65. The van der Waals surface area contributed by atoms with E-state index in [1.807, 2.05) is 12.1 Å². The first-order chi connectivity index (χ1) is 12.7. The molecule has 0 atom stereocenters. The number of hydrogen-bond donors (Lipinski definition) is 2. The van der Waals surface area contributed by atoms with E-state index < -0.39 is 0 Å². The van der Waals surface area contributed by atoms with Crippen molar-refractivity contribution in [3.63, 3.8) is 0 Å². The van der Waals surface area contributed by atoms with Gasteiger partial charge in [0.1, 0.15) is 0 Å². The van der Waals surface area contributed by atoms with Gasteiger partial charge in [0.05, 0.1) is 11.9 Å². The van der Waals surface area contributed by atoms with Crippen molar-refractivity contribution in [1.29, 1.82) is 0 Å². The van der Waals surface area contributed by atoms with Crippen LogP contribution in [0.4, 0.5) is 5.69 Å². The summed E-state index contributed by atoms with van der Waals surface area (Å²) in [6, 6.07) is 20.9. The fourth-order valence-electron chi connectivity index (χ4n) is 2.20. The SMILES string of the molecule is O=C(N/N=C\c1ccccn1)c1cccc(NC(=O)c2ccccc2)c1. The molecular formula is C20H16N4O2. The van der Waals surface area contributed by atoms with Gasteiger partial charge in [-0.2, -0.15) is 5.10 Å². The molecule has 0 saturated heterocycles. The van der Waals surface area contributed by atoms with Crippen molar-refractivity contribution in [2.75, 3.05) is 5.32 Å². The van der Waals surface area contributed by atoms with Crippen LogP contribution in [-0.2, 0) is 0 Å². The number of benzene rings is 2. The molecule has 26 heavy (non-hydrogen) atoms. The Balaban J connectivity index is 1.64. The van der Waals surface area contributed by atoms with Crippen LogP contribution < -0.4 is 10.7 Å². The van der Waals surface area contributed by atoms with E-state index in [-0.39, 0.29) is 11.8 Å². The van der Waals surface area contributed by atoms with E-state index in [4.69, 9.17) is 0 Å². The first kappa shape index (κ1) is 17.0. The Bertz CT molecular complexity index is 925. The topological polar surface area (TPSA) is 83.4 Å². The van der Waals surface area contributed by atoms with E-state index >= 15 is 0 Å². The highest BCUT2D eigenvalue weighted by molar-refractivity contribution is 6.05. The molecule has 2 aromatic carbocycles. The fraction of sp³-hybridized carbons (Fsp3) is 0. The van der Waals surface area contributed by atoms with E-state index in [0.717, 1.165) is 0 Å². The van der Waals surface area contributed by atoms with Gasteiger partial charge >= 0.3 is 0 Å². The summed E-state index contributed by atoms with van der Waals surface area (Å²) in [7, 11) is 0. The van der Waals surface area contributed by atoms with Crippen molar-refractivity contribution in [2.24, 2.45) is 5.10 Å². The van der Waals surface area contributed by atoms with Crippen LogP contribution >= 0.6 is 0 Å². The van der Waals surface area contributed by atoms with Crippen LogP contribution in [0.3, 0.4) is 0 Å². The van der Waals surface area contributed by atoms with Crippen LogP contribution in [0, 0.1) is 0 Å². The zero-order chi connectivity index (χ0) is 18.2. The monoisotopic (exact) mass is 344 g/mol. The maximum atomic E-state index is 12.2. The van der Waals surface area contributed by atoms with Gasteiger partial charge in [-0.25, -0.2) is 5.43 Å². The summed E-state index contributed by atoms with van der Waals surface area (Å²) in [6.45, 7) is 0. The molecule has 0 spiro atoms. The van der Waals surface area contributed by atoms with Gasteiger partial charge in [0.15, 0.2) is 0 Å². The maximum Gasteiger partial charge on any atom is 0.271 e. The summed E-state index contributed by atoms with van der Waals surface area (Å²) in [5.74, 6) is -0.621. The van der Waals surface area contributed by atoms with Crippen LogP contribution in [0.1, 0.15) is 26.4 Å². The highest BCUT2D eigenvalue weighted by atomic mass is 16.2. The predicted molar refractivity (Wildman–Crippen MR) is 100 cm³/mol. The zero-order valence-electron chi connectivity index (χ0n) is 13.8. The predicted octanol–water partition coefficient (Wildman–Crippen LogP) is 3.10. The molecule has 0 saturated carbocycles. The summed E-state index contributed by atoms with van der Waals surface area (Å²) in [5.41, 5.74) is 4.53. The van der Waals surface area contributed by atoms with Gasteiger partial charge in [-0.1, -0.05) is 30.3 Å². The average Bonchev–Trinajstić information content (AvgIpc) is 2.69. The molecule has 0 bridgehead atoms. The number of carbonyl (C=O) groups is 2. The molecule has 3 aromatic rings. The lowest BCUT2D eigenvalue weighted by Gasteiger charge is -2.07. The van der Waals surface area contributed by atoms with Gasteiger partial charge < -0.3 is 5.32 Å². The van der Waals surface area contributed by atoms with Crippen LogP contribution in [-0.4, -0.2) is 23.0 Å². The third-order valence-corrected chi connectivity index (χ3v) is 3.47. The summed E-state index contributed by atoms with van der Waals surface area (Å²) in [4.78, 5) is 28.4. The average molecular weight is 344 g/mol. The highest BCUT2D eigenvalue weighted by Gasteiger charge is 2.08. The smallest absolute Gasteiger partial charge is 0.271 e. The van der Waals surface area contributed by atoms with E-state index in [9.17, 15) is 9.59 Å². The van der Waals surface area contributed by atoms with Crippen molar-refractivity contribution in [2.45, 2.75) is 0 Å². The van der Waals surface area contributed by atoms with Crippen molar-refractivity contribution in [3.05, 3.63) is 95.8 Å². The number of amides is 2. The lowest BCUT2D eigenvalue weighted by atomic mass is 10.1. The lowest BCUT2D eigenvalue weighted by Crippen LogP contribution is -2.18. The second-order valence-electron chi connectivity index (χ2n) is 5.35. The van der Waals surface area contributed by atoms with Crippen molar-refractivity contribution >= 4 is 23.7 Å². The molecule has 0 aliphatic carbocycles. The molecule has 2 amide bonds. The molecule has 0 fully saturated rings. The number of rotatable bonds is 5. The fourth-order valence-corrected chi connectivity index (χ4v) is 2.20. The number of anilines is 1. The van der Waals surface area contributed by atoms with Crippen molar-refractivity contribution in [3.8, 4) is 0 Å². The van der Waals surface area contributed by atoms with Crippen LogP contribution in [0.25, 0.3) is 0 Å². The molecule has 128 valence electrons. The second kappa shape index (κ2) is 8.34. The van der Waals surface area contributed by atoms with E-state index in [2.05, 4.69) is 20.8 Å². The molecule has 0 aliphatic rings. The Morgan fingerprint density at radius 2 is 1.62 bits per heavy atom. The Morgan fingerprint density at radius 3 is 2.38 bits per heavy atom. The largest absolute Gasteiger partial charge is 0.322 e. The molecular weight excluding hydrogens is 328 g/mol. The van der Waals surface area contributed by atoms with Gasteiger partial charge in [0.2, 0.25) is 0 Å². The lowest BCUT2D eigenvalue weighted by molar-refractivity contribution is 0.0953. The summed E-state index contributed by atoms with van der Waals surface area (Å²) >= 11 is 0. The van der Waals surface area contributed by atoms with Gasteiger partial charge in [-0.05, 0) is 42.5 Å². The molecule has 6 nitrogen and oxygen atoms in total. The zero-order valence-corrected chi connectivity index (χ0v) is 13.8. The Hall–Kier alpha value is -3.80. The summed E-state index contributed by atoms with van der Waals surface area (Å²) in [6.07, 6.45) is 3.10. The van der Waals surface area contributed by atoms with E-state index in [1.54, 1.807) is 66.9 Å². The molecule has 1 aromatic heterocycles. The van der Waals surface area contributed by atoms with Crippen molar-refractivity contribution < 1.29 is 9.59 Å².